The van der Waals surface area contributed by atoms with Gasteiger partial charge in [-0.25, -0.2) is 9.97 Å². The van der Waals surface area contributed by atoms with Gasteiger partial charge in [-0.2, -0.15) is 0 Å². The number of carbonyl (C=O) groups is 1. The Labute approximate surface area is 159 Å². The second-order valence-electron chi connectivity index (χ2n) is 5.89. The molecule has 3 rings (SSSR count). The van der Waals surface area contributed by atoms with Crippen molar-refractivity contribution in [2.45, 2.75) is 26.0 Å². The maximum Gasteiger partial charge on any atom is 0.271 e. The van der Waals surface area contributed by atoms with Crippen LogP contribution < -0.4 is 10.6 Å². The molecule has 0 aliphatic heterocycles. The SMILES string of the molecule is C[C@H](Nc1nc(C(=O)NC[C@@H](C)O)c2sccc2n1)c1cncc(Cl)c1. The van der Waals surface area contributed by atoms with E-state index in [0.29, 0.717) is 21.2 Å². The number of carbonyl (C=O) groups excluding carboxylic acids is 1. The summed E-state index contributed by atoms with van der Waals surface area (Å²) in [5.41, 5.74) is 1.85. The first-order chi connectivity index (χ1) is 12.4. The first kappa shape index (κ1) is 18.5. The number of thiophene rings is 1. The van der Waals surface area contributed by atoms with E-state index < -0.39 is 6.10 Å². The Bertz CT molecular complexity index is 930. The highest BCUT2D eigenvalue weighted by Crippen LogP contribution is 2.25. The largest absolute Gasteiger partial charge is 0.392 e. The normalized spacial score (nSPS) is 13.4. The summed E-state index contributed by atoms with van der Waals surface area (Å²) in [5, 5.41) is 17.6. The number of fused-ring (bicyclic) bond motifs is 1. The summed E-state index contributed by atoms with van der Waals surface area (Å²) in [4.78, 5) is 25.4. The van der Waals surface area contributed by atoms with Gasteiger partial charge >= 0.3 is 0 Å². The fraction of sp³-hybridized carbons (Fsp3) is 0.294. The molecule has 3 heterocycles. The van der Waals surface area contributed by atoms with Gasteiger partial charge in [-0.1, -0.05) is 11.6 Å². The molecule has 0 bridgehead atoms. The molecule has 9 heteroatoms. The molecule has 7 nitrogen and oxygen atoms in total. The van der Waals surface area contributed by atoms with Crippen LogP contribution in [0.15, 0.2) is 29.9 Å². The Kier molecular flexibility index (Phi) is 5.65. The van der Waals surface area contributed by atoms with Crippen LogP contribution in [-0.4, -0.2) is 38.6 Å². The molecule has 1 amide bonds. The lowest BCUT2D eigenvalue weighted by molar-refractivity contribution is 0.0921. The molecular weight excluding hydrogens is 374 g/mol. The van der Waals surface area contributed by atoms with Crippen LogP contribution in [0.5, 0.6) is 0 Å². The summed E-state index contributed by atoms with van der Waals surface area (Å²) in [6.45, 7) is 3.69. The standard InChI is InChI=1S/C17H18ClN5O2S/c1-9(24)6-20-16(25)14-15-13(3-4-26-15)22-17(23-14)21-10(2)11-5-12(18)8-19-7-11/h3-5,7-10,24H,6H2,1-2H3,(H,20,25)(H,21,22,23)/t9-,10+/m1/s1. The lowest BCUT2D eigenvalue weighted by atomic mass is 10.1. The molecule has 3 aromatic rings. The zero-order chi connectivity index (χ0) is 18.7. The molecule has 0 saturated carbocycles. The summed E-state index contributed by atoms with van der Waals surface area (Å²) < 4.78 is 0.704. The molecule has 0 aliphatic carbocycles. The number of halogens is 1. The molecule has 136 valence electrons. The van der Waals surface area contributed by atoms with Crippen molar-refractivity contribution in [1.82, 2.24) is 20.3 Å². The number of amides is 1. The summed E-state index contributed by atoms with van der Waals surface area (Å²) in [6.07, 6.45) is 2.65. The number of hydrogen-bond acceptors (Lipinski definition) is 7. The predicted molar refractivity (Wildman–Crippen MR) is 103 cm³/mol. The highest BCUT2D eigenvalue weighted by Gasteiger charge is 2.18. The van der Waals surface area contributed by atoms with Crippen LogP contribution in [0, 0.1) is 0 Å². The Morgan fingerprint density at radius 3 is 2.88 bits per heavy atom. The fourth-order valence-electron chi connectivity index (χ4n) is 2.35. The minimum atomic E-state index is -0.632. The Morgan fingerprint density at radius 1 is 1.35 bits per heavy atom. The van der Waals surface area contributed by atoms with E-state index in [1.54, 1.807) is 19.3 Å². The molecular formula is C17H18ClN5O2S. The van der Waals surface area contributed by atoms with Gasteiger partial charge in [0.25, 0.3) is 5.91 Å². The number of aliphatic hydroxyl groups is 1. The third-order valence-electron chi connectivity index (χ3n) is 3.65. The predicted octanol–water partition coefficient (Wildman–Crippen LogP) is 3.02. The van der Waals surface area contributed by atoms with Crippen molar-refractivity contribution in [2.75, 3.05) is 11.9 Å². The van der Waals surface area contributed by atoms with E-state index in [9.17, 15) is 9.90 Å². The van der Waals surface area contributed by atoms with Crippen LogP contribution in [0.4, 0.5) is 5.95 Å². The van der Waals surface area contributed by atoms with E-state index in [0.717, 1.165) is 5.56 Å². The topological polar surface area (TPSA) is 100 Å². The Balaban J connectivity index is 1.88. The van der Waals surface area contributed by atoms with E-state index in [4.69, 9.17) is 11.6 Å². The van der Waals surface area contributed by atoms with Crippen LogP contribution in [0.1, 0.15) is 35.9 Å². The van der Waals surface area contributed by atoms with Gasteiger partial charge in [0.1, 0.15) is 0 Å². The van der Waals surface area contributed by atoms with E-state index in [1.807, 2.05) is 24.4 Å². The Morgan fingerprint density at radius 2 is 2.15 bits per heavy atom. The van der Waals surface area contributed by atoms with Crippen molar-refractivity contribution in [3.8, 4) is 0 Å². The molecule has 0 aromatic carbocycles. The molecule has 0 aliphatic rings. The minimum absolute atomic E-state index is 0.148. The molecule has 0 unspecified atom stereocenters. The lowest BCUT2D eigenvalue weighted by Gasteiger charge is -2.15. The average molecular weight is 392 g/mol. The molecule has 3 N–H and O–H groups in total. The van der Waals surface area contributed by atoms with Crippen molar-refractivity contribution in [3.05, 3.63) is 46.2 Å². The summed E-state index contributed by atoms with van der Waals surface area (Å²) in [6, 6.07) is 3.50. The van der Waals surface area contributed by atoms with Crippen LogP contribution in [0.2, 0.25) is 5.02 Å². The van der Waals surface area contributed by atoms with Crippen molar-refractivity contribution >= 4 is 45.0 Å². The van der Waals surface area contributed by atoms with E-state index in [1.165, 1.54) is 11.3 Å². The zero-order valence-electron chi connectivity index (χ0n) is 14.2. The van der Waals surface area contributed by atoms with Gasteiger partial charge in [0.2, 0.25) is 5.95 Å². The van der Waals surface area contributed by atoms with E-state index >= 15 is 0 Å². The summed E-state index contributed by atoms with van der Waals surface area (Å²) >= 11 is 7.39. The maximum absolute atomic E-state index is 12.5. The van der Waals surface area contributed by atoms with Gasteiger partial charge in [0.05, 0.1) is 27.4 Å². The number of aliphatic hydroxyl groups excluding tert-OH is 1. The van der Waals surface area contributed by atoms with Crippen molar-refractivity contribution in [2.24, 2.45) is 0 Å². The molecule has 0 radical (unpaired) electrons. The van der Waals surface area contributed by atoms with Gasteiger partial charge < -0.3 is 15.7 Å². The minimum Gasteiger partial charge on any atom is -0.392 e. The number of hydrogen-bond donors (Lipinski definition) is 3. The number of nitrogens with one attached hydrogen (secondary N) is 2. The summed E-state index contributed by atoms with van der Waals surface area (Å²) in [5.74, 6) is -0.00792. The molecule has 0 spiro atoms. The van der Waals surface area contributed by atoms with Gasteiger partial charge in [-0.15, -0.1) is 11.3 Å². The fourth-order valence-corrected chi connectivity index (χ4v) is 3.35. The maximum atomic E-state index is 12.5. The van der Waals surface area contributed by atoms with Gasteiger partial charge in [0.15, 0.2) is 5.69 Å². The highest BCUT2D eigenvalue weighted by atomic mass is 35.5. The van der Waals surface area contributed by atoms with Gasteiger partial charge in [-0.3, -0.25) is 9.78 Å². The Hall–Kier alpha value is -2.29. The molecule has 3 aromatic heterocycles. The smallest absolute Gasteiger partial charge is 0.271 e. The van der Waals surface area contributed by atoms with Crippen LogP contribution in [0.25, 0.3) is 10.2 Å². The first-order valence-electron chi connectivity index (χ1n) is 8.02. The third-order valence-corrected chi connectivity index (χ3v) is 4.77. The van der Waals surface area contributed by atoms with E-state index in [2.05, 4.69) is 25.6 Å². The van der Waals surface area contributed by atoms with Crippen LogP contribution in [-0.2, 0) is 0 Å². The zero-order valence-corrected chi connectivity index (χ0v) is 15.8. The number of pyridine rings is 1. The van der Waals surface area contributed by atoms with Gasteiger partial charge in [-0.05, 0) is 36.9 Å². The number of anilines is 1. The number of rotatable bonds is 6. The quantitative estimate of drug-likeness (QED) is 0.597. The van der Waals surface area contributed by atoms with Crippen molar-refractivity contribution in [3.63, 3.8) is 0 Å². The van der Waals surface area contributed by atoms with Crippen LogP contribution in [0.3, 0.4) is 0 Å². The second-order valence-corrected chi connectivity index (χ2v) is 7.24. The second kappa shape index (κ2) is 7.94. The number of nitrogens with zero attached hydrogens (tertiary/aromatic N) is 3. The average Bonchev–Trinajstić information content (AvgIpc) is 3.07. The van der Waals surface area contributed by atoms with Crippen molar-refractivity contribution < 1.29 is 9.90 Å². The molecule has 0 fully saturated rings. The monoisotopic (exact) mass is 391 g/mol. The van der Waals surface area contributed by atoms with Crippen molar-refractivity contribution in [1.29, 1.82) is 0 Å². The number of aromatic nitrogens is 3. The third kappa shape index (κ3) is 4.27. The molecule has 26 heavy (non-hydrogen) atoms. The molecule has 0 saturated heterocycles. The lowest BCUT2D eigenvalue weighted by Crippen LogP contribution is -2.31. The highest BCUT2D eigenvalue weighted by molar-refractivity contribution is 7.17. The molecule has 2 atom stereocenters. The van der Waals surface area contributed by atoms with Crippen LogP contribution >= 0.6 is 22.9 Å². The summed E-state index contributed by atoms with van der Waals surface area (Å²) in [7, 11) is 0. The van der Waals surface area contributed by atoms with Gasteiger partial charge in [0, 0.05) is 18.9 Å². The first-order valence-corrected chi connectivity index (χ1v) is 9.28. The van der Waals surface area contributed by atoms with E-state index in [-0.39, 0.29) is 24.2 Å².